The fourth-order valence-electron chi connectivity index (χ4n) is 4.42. The summed E-state index contributed by atoms with van der Waals surface area (Å²) in [6.07, 6.45) is 7.09. The molecule has 0 aromatic carbocycles. The summed E-state index contributed by atoms with van der Waals surface area (Å²) in [4.78, 5) is 47.6. The molecule has 0 spiro atoms. The van der Waals surface area contributed by atoms with Crippen molar-refractivity contribution in [3.63, 3.8) is 0 Å². The molecular formula is C22H35N7O5. The van der Waals surface area contributed by atoms with Crippen molar-refractivity contribution in [2.45, 2.75) is 44.6 Å². The van der Waals surface area contributed by atoms with Crippen molar-refractivity contribution in [2.75, 3.05) is 45.7 Å². The number of anilines is 1. The van der Waals surface area contributed by atoms with Crippen molar-refractivity contribution in [2.24, 2.45) is 11.8 Å². The first-order chi connectivity index (χ1) is 16.4. The molecule has 2 fully saturated rings. The number of aromatic nitrogens is 2. The van der Waals surface area contributed by atoms with Crippen LogP contribution in [0, 0.1) is 11.8 Å². The Hall–Kier alpha value is -2.83. The molecule has 0 radical (unpaired) electrons. The topological polar surface area (TPSA) is 140 Å². The average molecular weight is 478 g/mol. The van der Waals surface area contributed by atoms with Gasteiger partial charge in [-0.05, 0) is 38.9 Å². The lowest BCUT2D eigenvalue weighted by Crippen LogP contribution is -2.51. The highest BCUT2D eigenvalue weighted by atomic mass is 16.5. The zero-order valence-electron chi connectivity index (χ0n) is 19.9. The molecule has 12 nitrogen and oxygen atoms in total. The predicted molar refractivity (Wildman–Crippen MR) is 123 cm³/mol. The summed E-state index contributed by atoms with van der Waals surface area (Å²) in [5, 5.41) is 14.3. The lowest BCUT2D eigenvalue weighted by Gasteiger charge is -2.29. The van der Waals surface area contributed by atoms with Gasteiger partial charge in [0.2, 0.25) is 18.2 Å². The van der Waals surface area contributed by atoms with E-state index in [0.29, 0.717) is 49.9 Å². The van der Waals surface area contributed by atoms with Crippen LogP contribution in [-0.2, 0) is 14.4 Å². The van der Waals surface area contributed by atoms with Gasteiger partial charge < -0.3 is 15.0 Å². The van der Waals surface area contributed by atoms with E-state index in [2.05, 4.69) is 20.7 Å². The lowest BCUT2D eigenvalue weighted by atomic mass is 9.92. The number of likely N-dealkylation sites (N-methyl/N-ethyl adjacent to an activating group) is 1. The van der Waals surface area contributed by atoms with Crippen LogP contribution in [0.2, 0.25) is 0 Å². The normalized spacial score (nSPS) is 19.3. The van der Waals surface area contributed by atoms with Crippen molar-refractivity contribution >= 4 is 24.0 Å². The molecule has 1 aliphatic carbocycles. The first-order valence-corrected chi connectivity index (χ1v) is 11.8. The SMILES string of the molecule is CN(C)CCOc1nccc(NC(=O)[C@@H]2CCNN2C(=O)[C@H](CC2CCCC2)CN(O)C=O)n1. The number of nitrogens with zero attached hydrogens (tertiary/aromatic N) is 5. The van der Waals surface area contributed by atoms with Crippen LogP contribution in [0.1, 0.15) is 38.5 Å². The summed E-state index contributed by atoms with van der Waals surface area (Å²) < 4.78 is 5.52. The second kappa shape index (κ2) is 12.6. The Balaban J connectivity index is 1.63. The zero-order valence-corrected chi connectivity index (χ0v) is 19.9. The number of rotatable bonds is 12. The minimum absolute atomic E-state index is 0.106. The van der Waals surface area contributed by atoms with Gasteiger partial charge in [0.25, 0.3) is 0 Å². The van der Waals surface area contributed by atoms with Crippen LogP contribution in [0.3, 0.4) is 0 Å². The summed E-state index contributed by atoms with van der Waals surface area (Å²) in [7, 11) is 3.86. The Morgan fingerprint density at radius 2 is 2.12 bits per heavy atom. The number of hydroxylamine groups is 2. The van der Waals surface area contributed by atoms with Crippen molar-refractivity contribution in [3.05, 3.63) is 12.3 Å². The standard InChI is InChI=1S/C22H35N7O5/c1-27(2)11-12-34-22-23-9-8-19(26-22)25-20(31)18-7-10-24-29(18)21(32)17(14-28(33)15-30)13-16-5-3-4-6-16/h8-9,15-18,24,33H,3-7,10-14H2,1-2H3,(H,23,25,26,31)/t17-,18+/m1/s1. The van der Waals surface area contributed by atoms with E-state index in [1.807, 2.05) is 19.0 Å². The van der Waals surface area contributed by atoms with Gasteiger partial charge in [-0.2, -0.15) is 4.98 Å². The quantitative estimate of drug-likeness (QED) is 0.223. The molecule has 3 amide bonds. The monoisotopic (exact) mass is 477 g/mol. The van der Waals surface area contributed by atoms with E-state index in [1.54, 1.807) is 6.07 Å². The fourth-order valence-corrected chi connectivity index (χ4v) is 4.42. The summed E-state index contributed by atoms with van der Waals surface area (Å²) >= 11 is 0. The van der Waals surface area contributed by atoms with E-state index in [4.69, 9.17) is 4.74 Å². The second-order valence-corrected chi connectivity index (χ2v) is 9.10. The third-order valence-electron chi connectivity index (χ3n) is 6.18. The Kier molecular flexibility index (Phi) is 9.54. The Labute approximate surface area is 199 Å². The second-order valence-electron chi connectivity index (χ2n) is 9.10. The Morgan fingerprint density at radius 3 is 2.82 bits per heavy atom. The molecule has 1 aromatic heterocycles. The van der Waals surface area contributed by atoms with Gasteiger partial charge in [-0.3, -0.25) is 24.6 Å². The maximum absolute atomic E-state index is 13.4. The molecule has 2 heterocycles. The predicted octanol–water partition coefficient (Wildman–Crippen LogP) is 0.505. The number of ether oxygens (including phenoxy) is 1. The Bertz CT molecular complexity index is 834. The van der Waals surface area contributed by atoms with Crippen molar-refractivity contribution in [1.29, 1.82) is 0 Å². The minimum atomic E-state index is -0.741. The van der Waals surface area contributed by atoms with Gasteiger partial charge in [-0.1, -0.05) is 25.7 Å². The van der Waals surface area contributed by atoms with Crippen LogP contribution >= 0.6 is 0 Å². The average Bonchev–Trinajstić information content (AvgIpc) is 3.50. The van der Waals surface area contributed by atoms with Gasteiger partial charge in [0.05, 0.1) is 12.5 Å². The first-order valence-electron chi connectivity index (χ1n) is 11.8. The molecule has 2 aliphatic rings. The minimum Gasteiger partial charge on any atom is -0.462 e. The number of carbonyl (C=O) groups is 3. The molecular weight excluding hydrogens is 442 g/mol. The molecule has 1 saturated heterocycles. The van der Waals surface area contributed by atoms with E-state index >= 15 is 0 Å². The van der Waals surface area contributed by atoms with Gasteiger partial charge in [-0.15, -0.1) is 0 Å². The molecule has 188 valence electrons. The number of amides is 3. The summed E-state index contributed by atoms with van der Waals surface area (Å²) in [5.41, 5.74) is 2.99. The number of hydrogen-bond donors (Lipinski definition) is 3. The summed E-state index contributed by atoms with van der Waals surface area (Å²) in [6, 6.07) is 0.975. The van der Waals surface area contributed by atoms with Gasteiger partial charge in [0.1, 0.15) is 18.5 Å². The van der Waals surface area contributed by atoms with Gasteiger partial charge in [-0.25, -0.2) is 15.5 Å². The van der Waals surface area contributed by atoms with Crippen molar-refractivity contribution in [1.82, 2.24) is 30.4 Å². The lowest BCUT2D eigenvalue weighted by molar-refractivity contribution is -0.159. The molecule has 3 rings (SSSR count). The molecule has 0 bridgehead atoms. The molecule has 3 N–H and O–H groups in total. The highest BCUT2D eigenvalue weighted by Crippen LogP contribution is 2.31. The third-order valence-corrected chi connectivity index (χ3v) is 6.18. The van der Waals surface area contributed by atoms with E-state index in [0.717, 1.165) is 25.7 Å². The highest BCUT2D eigenvalue weighted by molar-refractivity contribution is 5.97. The molecule has 0 unspecified atom stereocenters. The first kappa shape index (κ1) is 25.8. The molecule has 2 atom stereocenters. The molecule has 1 aliphatic heterocycles. The molecule has 1 saturated carbocycles. The third kappa shape index (κ3) is 7.34. The van der Waals surface area contributed by atoms with Crippen LogP contribution in [0.15, 0.2) is 12.3 Å². The van der Waals surface area contributed by atoms with Gasteiger partial charge in [0.15, 0.2) is 0 Å². The van der Waals surface area contributed by atoms with E-state index in [9.17, 15) is 19.6 Å². The van der Waals surface area contributed by atoms with Crippen LogP contribution in [0.5, 0.6) is 6.01 Å². The molecule has 12 heteroatoms. The van der Waals surface area contributed by atoms with E-state index in [1.165, 1.54) is 11.2 Å². The molecule has 1 aromatic rings. The van der Waals surface area contributed by atoms with E-state index in [-0.39, 0.29) is 30.2 Å². The van der Waals surface area contributed by atoms with E-state index < -0.39 is 12.0 Å². The Morgan fingerprint density at radius 1 is 1.35 bits per heavy atom. The summed E-state index contributed by atoms with van der Waals surface area (Å²) in [6.45, 7) is 1.45. The number of nitrogens with one attached hydrogen (secondary N) is 2. The molecule has 34 heavy (non-hydrogen) atoms. The van der Waals surface area contributed by atoms with Gasteiger partial charge in [0, 0.05) is 19.3 Å². The number of hydrogen-bond acceptors (Lipinski definition) is 9. The fraction of sp³-hybridized carbons (Fsp3) is 0.682. The van der Waals surface area contributed by atoms with Crippen molar-refractivity contribution < 1.29 is 24.3 Å². The van der Waals surface area contributed by atoms with Crippen molar-refractivity contribution in [3.8, 4) is 6.01 Å². The zero-order chi connectivity index (χ0) is 24.5. The van der Waals surface area contributed by atoms with Crippen LogP contribution in [-0.4, -0.2) is 94.8 Å². The number of carbonyl (C=O) groups excluding carboxylic acids is 3. The van der Waals surface area contributed by atoms with Crippen LogP contribution < -0.4 is 15.5 Å². The maximum atomic E-state index is 13.4. The summed E-state index contributed by atoms with van der Waals surface area (Å²) in [5.74, 6) is -0.636. The van der Waals surface area contributed by atoms with Crippen LogP contribution in [0.4, 0.5) is 5.82 Å². The van der Waals surface area contributed by atoms with Crippen LogP contribution in [0.25, 0.3) is 0 Å². The van der Waals surface area contributed by atoms with Gasteiger partial charge >= 0.3 is 6.01 Å². The largest absolute Gasteiger partial charge is 0.462 e. The smallest absolute Gasteiger partial charge is 0.318 e. The maximum Gasteiger partial charge on any atom is 0.318 e. The number of hydrazine groups is 1. The highest BCUT2D eigenvalue weighted by Gasteiger charge is 2.39.